The van der Waals surface area contributed by atoms with Gasteiger partial charge in [0.15, 0.2) is 0 Å². The van der Waals surface area contributed by atoms with E-state index in [2.05, 4.69) is 22.5 Å². The van der Waals surface area contributed by atoms with Crippen LogP contribution in [0, 0.1) is 20.8 Å². The van der Waals surface area contributed by atoms with Gasteiger partial charge >= 0.3 is 0 Å². The van der Waals surface area contributed by atoms with Gasteiger partial charge in [0.1, 0.15) is 5.76 Å². The predicted molar refractivity (Wildman–Crippen MR) is 91.2 cm³/mol. The SMILES string of the molecule is Cc1noc(C)c1[C@@H](C)CNC(=O)c1cnn(C2CCCC2)c1C. The molecular weight excluding hydrogens is 304 g/mol. The van der Waals surface area contributed by atoms with Crippen LogP contribution >= 0.6 is 0 Å². The van der Waals surface area contributed by atoms with Crippen molar-refractivity contribution in [2.75, 3.05) is 6.54 Å². The number of carbonyl (C=O) groups excluding carboxylic acids is 1. The highest BCUT2D eigenvalue weighted by atomic mass is 16.5. The molecule has 130 valence electrons. The van der Waals surface area contributed by atoms with Crippen molar-refractivity contribution < 1.29 is 9.32 Å². The molecule has 1 aliphatic carbocycles. The topological polar surface area (TPSA) is 73.0 Å². The Labute approximate surface area is 142 Å². The second kappa shape index (κ2) is 6.79. The second-order valence-corrected chi connectivity index (χ2v) is 6.88. The summed E-state index contributed by atoms with van der Waals surface area (Å²) in [6, 6.07) is 0.452. The molecule has 6 nitrogen and oxygen atoms in total. The van der Waals surface area contributed by atoms with Crippen LogP contribution in [0.4, 0.5) is 0 Å². The van der Waals surface area contributed by atoms with Crippen LogP contribution in [0.3, 0.4) is 0 Å². The molecule has 0 bridgehead atoms. The molecule has 1 N–H and O–H groups in total. The van der Waals surface area contributed by atoms with E-state index in [1.807, 2.05) is 25.5 Å². The summed E-state index contributed by atoms with van der Waals surface area (Å²) in [4.78, 5) is 12.5. The Morgan fingerprint density at radius 1 is 1.38 bits per heavy atom. The Balaban J connectivity index is 1.65. The molecule has 1 saturated carbocycles. The zero-order valence-corrected chi connectivity index (χ0v) is 14.9. The van der Waals surface area contributed by atoms with Gasteiger partial charge in [0.2, 0.25) is 0 Å². The van der Waals surface area contributed by atoms with E-state index < -0.39 is 0 Å². The van der Waals surface area contributed by atoms with Gasteiger partial charge in [-0.25, -0.2) is 0 Å². The number of hydrogen-bond acceptors (Lipinski definition) is 4. The van der Waals surface area contributed by atoms with Crippen molar-refractivity contribution in [2.45, 2.75) is 65.3 Å². The molecular formula is C18H26N4O2. The molecule has 6 heteroatoms. The number of carbonyl (C=O) groups is 1. The summed E-state index contributed by atoms with van der Waals surface area (Å²) in [7, 11) is 0. The third-order valence-corrected chi connectivity index (χ3v) is 5.11. The molecule has 1 amide bonds. The van der Waals surface area contributed by atoms with Crippen LogP contribution in [0.15, 0.2) is 10.7 Å². The summed E-state index contributed by atoms with van der Waals surface area (Å²) < 4.78 is 7.24. The van der Waals surface area contributed by atoms with E-state index in [1.54, 1.807) is 6.20 Å². The van der Waals surface area contributed by atoms with Gasteiger partial charge in [0.25, 0.3) is 5.91 Å². The van der Waals surface area contributed by atoms with E-state index in [0.717, 1.165) is 35.6 Å². The average molecular weight is 330 g/mol. The van der Waals surface area contributed by atoms with Crippen LogP contribution in [0.5, 0.6) is 0 Å². The lowest BCUT2D eigenvalue weighted by Crippen LogP contribution is -2.28. The summed E-state index contributed by atoms with van der Waals surface area (Å²) >= 11 is 0. The first-order valence-corrected chi connectivity index (χ1v) is 8.74. The first-order chi connectivity index (χ1) is 11.5. The number of aryl methyl sites for hydroxylation is 2. The number of amides is 1. The molecule has 0 saturated heterocycles. The molecule has 3 rings (SSSR count). The third-order valence-electron chi connectivity index (χ3n) is 5.11. The van der Waals surface area contributed by atoms with E-state index in [4.69, 9.17) is 4.52 Å². The Morgan fingerprint density at radius 3 is 2.71 bits per heavy atom. The molecule has 2 aromatic heterocycles. The van der Waals surface area contributed by atoms with Crippen molar-refractivity contribution in [3.63, 3.8) is 0 Å². The quantitative estimate of drug-likeness (QED) is 0.911. The Bertz CT molecular complexity index is 706. The molecule has 1 aliphatic rings. The maximum atomic E-state index is 12.5. The van der Waals surface area contributed by atoms with Gasteiger partial charge in [-0.05, 0) is 33.6 Å². The predicted octanol–water partition coefficient (Wildman–Crippen LogP) is 3.44. The highest BCUT2D eigenvalue weighted by Gasteiger charge is 2.23. The first-order valence-electron chi connectivity index (χ1n) is 8.74. The standard InChI is InChI=1S/C18H26N4O2/c1-11(17-12(2)21-24-14(17)4)9-19-18(23)16-10-20-22(13(16)3)15-7-5-6-8-15/h10-11,15H,5-9H2,1-4H3,(H,19,23)/t11-/m0/s1. The summed E-state index contributed by atoms with van der Waals surface area (Å²) in [6.07, 6.45) is 6.52. The number of nitrogens with zero attached hydrogens (tertiary/aromatic N) is 3. The van der Waals surface area contributed by atoms with Gasteiger partial charge in [-0.15, -0.1) is 0 Å². The first kappa shape index (κ1) is 16.7. The molecule has 0 aliphatic heterocycles. The molecule has 0 aromatic carbocycles. The zero-order valence-electron chi connectivity index (χ0n) is 14.9. The van der Waals surface area contributed by atoms with Crippen molar-refractivity contribution in [3.05, 3.63) is 34.5 Å². The largest absolute Gasteiger partial charge is 0.361 e. The van der Waals surface area contributed by atoms with Crippen LogP contribution in [0.2, 0.25) is 0 Å². The fraction of sp³-hybridized carbons (Fsp3) is 0.611. The molecule has 1 atom stereocenters. The summed E-state index contributed by atoms with van der Waals surface area (Å²) in [5, 5.41) is 11.5. The summed E-state index contributed by atoms with van der Waals surface area (Å²) in [6.45, 7) is 8.44. The van der Waals surface area contributed by atoms with Gasteiger partial charge in [-0.2, -0.15) is 5.10 Å². The lowest BCUT2D eigenvalue weighted by molar-refractivity contribution is 0.0950. The molecule has 0 radical (unpaired) electrons. The third kappa shape index (κ3) is 3.09. The Morgan fingerprint density at radius 2 is 2.08 bits per heavy atom. The summed E-state index contributed by atoms with van der Waals surface area (Å²) in [5.41, 5.74) is 3.60. The minimum absolute atomic E-state index is 0.0599. The van der Waals surface area contributed by atoms with E-state index >= 15 is 0 Å². The maximum Gasteiger partial charge on any atom is 0.254 e. The number of hydrogen-bond donors (Lipinski definition) is 1. The minimum Gasteiger partial charge on any atom is -0.361 e. The van der Waals surface area contributed by atoms with E-state index in [9.17, 15) is 4.79 Å². The van der Waals surface area contributed by atoms with Gasteiger partial charge in [0, 0.05) is 23.7 Å². The average Bonchev–Trinajstić information content (AvgIpc) is 3.26. The van der Waals surface area contributed by atoms with Crippen LogP contribution < -0.4 is 5.32 Å². The van der Waals surface area contributed by atoms with Crippen molar-refractivity contribution in [3.8, 4) is 0 Å². The van der Waals surface area contributed by atoms with Crippen molar-refractivity contribution >= 4 is 5.91 Å². The molecule has 24 heavy (non-hydrogen) atoms. The van der Waals surface area contributed by atoms with Crippen LogP contribution in [0.1, 0.15) is 77.6 Å². The normalized spacial score (nSPS) is 16.5. The van der Waals surface area contributed by atoms with E-state index in [1.165, 1.54) is 12.8 Å². The van der Waals surface area contributed by atoms with Gasteiger partial charge < -0.3 is 9.84 Å². The lowest BCUT2D eigenvalue weighted by Gasteiger charge is -2.14. The van der Waals surface area contributed by atoms with Crippen molar-refractivity contribution in [2.24, 2.45) is 0 Å². The van der Waals surface area contributed by atoms with Gasteiger partial charge in [-0.1, -0.05) is 24.9 Å². The number of nitrogens with one attached hydrogen (secondary N) is 1. The Hall–Kier alpha value is -2.11. The zero-order chi connectivity index (χ0) is 17.3. The Kier molecular flexibility index (Phi) is 4.73. The molecule has 0 spiro atoms. The highest BCUT2D eigenvalue weighted by Crippen LogP contribution is 2.30. The van der Waals surface area contributed by atoms with Crippen LogP contribution in [0.25, 0.3) is 0 Å². The van der Waals surface area contributed by atoms with Gasteiger partial charge in [-0.3, -0.25) is 9.48 Å². The highest BCUT2D eigenvalue weighted by molar-refractivity contribution is 5.95. The fourth-order valence-electron chi connectivity index (χ4n) is 3.80. The molecule has 1 fully saturated rings. The van der Waals surface area contributed by atoms with Crippen molar-refractivity contribution in [1.82, 2.24) is 20.3 Å². The monoisotopic (exact) mass is 330 g/mol. The lowest BCUT2D eigenvalue weighted by atomic mass is 9.99. The minimum atomic E-state index is -0.0599. The maximum absolute atomic E-state index is 12.5. The van der Waals surface area contributed by atoms with Gasteiger partial charge in [0.05, 0.1) is 23.5 Å². The summed E-state index contributed by atoms with van der Waals surface area (Å²) in [5.74, 6) is 0.917. The number of rotatable bonds is 5. The molecule has 2 aromatic rings. The number of aromatic nitrogens is 3. The second-order valence-electron chi connectivity index (χ2n) is 6.88. The molecule has 0 unspecified atom stereocenters. The van der Waals surface area contributed by atoms with Crippen LogP contribution in [-0.2, 0) is 0 Å². The van der Waals surface area contributed by atoms with E-state index in [0.29, 0.717) is 18.2 Å². The van der Waals surface area contributed by atoms with Crippen LogP contribution in [-0.4, -0.2) is 27.4 Å². The fourth-order valence-corrected chi connectivity index (χ4v) is 3.80. The van der Waals surface area contributed by atoms with Crippen molar-refractivity contribution in [1.29, 1.82) is 0 Å². The smallest absolute Gasteiger partial charge is 0.254 e. The van der Waals surface area contributed by atoms with E-state index in [-0.39, 0.29) is 11.8 Å². The molecule has 2 heterocycles.